The fourth-order valence-electron chi connectivity index (χ4n) is 1.27. The monoisotopic (exact) mass is 195 g/mol. The fourth-order valence-corrected chi connectivity index (χ4v) is 1.27. The molecular formula is C10H13NO3. The average molecular weight is 195 g/mol. The second-order valence-electron chi connectivity index (χ2n) is 2.91. The first-order valence-electron chi connectivity index (χ1n) is 4.29. The van der Waals surface area contributed by atoms with Crippen molar-refractivity contribution < 1.29 is 14.6 Å². The summed E-state index contributed by atoms with van der Waals surface area (Å²) in [6.45, 7) is 1.91. The Morgan fingerprint density at radius 3 is 2.64 bits per heavy atom. The van der Waals surface area contributed by atoms with Crippen LogP contribution in [0.1, 0.15) is 22.8 Å². The highest BCUT2D eigenvalue weighted by Crippen LogP contribution is 2.25. The van der Waals surface area contributed by atoms with Crippen LogP contribution in [0.25, 0.3) is 0 Å². The van der Waals surface area contributed by atoms with Crippen LogP contribution >= 0.6 is 0 Å². The van der Waals surface area contributed by atoms with Gasteiger partial charge in [-0.05, 0) is 24.1 Å². The van der Waals surface area contributed by atoms with Gasteiger partial charge in [0.15, 0.2) is 0 Å². The first-order valence-corrected chi connectivity index (χ1v) is 4.29. The molecule has 0 saturated carbocycles. The third-order valence-electron chi connectivity index (χ3n) is 2.09. The summed E-state index contributed by atoms with van der Waals surface area (Å²) in [4.78, 5) is 10.8. The lowest BCUT2D eigenvalue weighted by Crippen LogP contribution is -2.06. The molecule has 0 aliphatic rings. The van der Waals surface area contributed by atoms with Crippen molar-refractivity contribution in [2.24, 2.45) is 0 Å². The highest BCUT2D eigenvalue weighted by Gasteiger charge is 2.12. The van der Waals surface area contributed by atoms with Crippen LogP contribution in [0.3, 0.4) is 0 Å². The minimum Gasteiger partial charge on any atom is -0.497 e. The number of rotatable bonds is 3. The zero-order valence-corrected chi connectivity index (χ0v) is 8.20. The number of aryl methyl sites for hydroxylation is 1. The van der Waals surface area contributed by atoms with Gasteiger partial charge in [0.1, 0.15) is 5.75 Å². The molecule has 4 nitrogen and oxygen atoms in total. The van der Waals surface area contributed by atoms with Crippen molar-refractivity contribution in [3.8, 4) is 5.75 Å². The number of carboxylic acid groups (broad SMARTS) is 1. The standard InChI is InChI=1S/C10H13NO3/c1-3-6-4-7(14-2)5-8(9(6)11)10(12)13/h4-5H,3,11H2,1-2H3,(H,12,13). The number of aromatic carboxylic acids is 1. The number of carboxylic acids is 1. The second kappa shape index (κ2) is 4.00. The van der Waals surface area contributed by atoms with E-state index in [1.165, 1.54) is 13.2 Å². The molecule has 0 aliphatic heterocycles. The van der Waals surface area contributed by atoms with Gasteiger partial charge in [-0.2, -0.15) is 0 Å². The van der Waals surface area contributed by atoms with E-state index in [9.17, 15) is 4.79 Å². The van der Waals surface area contributed by atoms with E-state index in [4.69, 9.17) is 15.6 Å². The molecule has 4 heteroatoms. The van der Waals surface area contributed by atoms with E-state index >= 15 is 0 Å². The number of methoxy groups -OCH3 is 1. The molecule has 0 atom stereocenters. The molecule has 0 saturated heterocycles. The van der Waals surface area contributed by atoms with E-state index in [0.717, 1.165) is 5.56 Å². The molecule has 3 N–H and O–H groups in total. The topological polar surface area (TPSA) is 72.5 Å². The highest BCUT2D eigenvalue weighted by molar-refractivity contribution is 5.95. The van der Waals surface area contributed by atoms with Gasteiger partial charge in [0.2, 0.25) is 0 Å². The molecule has 0 aromatic heterocycles. The van der Waals surface area contributed by atoms with E-state index in [-0.39, 0.29) is 5.56 Å². The largest absolute Gasteiger partial charge is 0.497 e. The van der Waals surface area contributed by atoms with Crippen molar-refractivity contribution >= 4 is 11.7 Å². The number of carbonyl (C=O) groups is 1. The van der Waals surface area contributed by atoms with Crippen LogP contribution in [0, 0.1) is 0 Å². The number of nitrogens with two attached hydrogens (primary N) is 1. The van der Waals surface area contributed by atoms with Crippen molar-refractivity contribution in [1.29, 1.82) is 0 Å². The van der Waals surface area contributed by atoms with Gasteiger partial charge < -0.3 is 15.6 Å². The summed E-state index contributed by atoms with van der Waals surface area (Å²) < 4.78 is 4.98. The Morgan fingerprint density at radius 1 is 1.57 bits per heavy atom. The summed E-state index contributed by atoms with van der Waals surface area (Å²) in [5, 5.41) is 8.87. The van der Waals surface area contributed by atoms with Gasteiger partial charge in [-0.3, -0.25) is 0 Å². The molecule has 0 unspecified atom stereocenters. The van der Waals surface area contributed by atoms with Gasteiger partial charge in [0.25, 0.3) is 0 Å². The first-order chi connectivity index (χ1) is 6.60. The van der Waals surface area contributed by atoms with E-state index in [1.807, 2.05) is 6.92 Å². The van der Waals surface area contributed by atoms with E-state index < -0.39 is 5.97 Å². The van der Waals surface area contributed by atoms with Gasteiger partial charge in [-0.15, -0.1) is 0 Å². The first kappa shape index (κ1) is 10.4. The van der Waals surface area contributed by atoms with Crippen LogP contribution in [0.5, 0.6) is 5.75 Å². The number of anilines is 1. The van der Waals surface area contributed by atoms with E-state index in [1.54, 1.807) is 6.07 Å². The van der Waals surface area contributed by atoms with Crippen molar-refractivity contribution in [2.45, 2.75) is 13.3 Å². The van der Waals surface area contributed by atoms with Crippen molar-refractivity contribution in [2.75, 3.05) is 12.8 Å². The zero-order chi connectivity index (χ0) is 10.7. The lowest BCUT2D eigenvalue weighted by Gasteiger charge is -2.09. The summed E-state index contributed by atoms with van der Waals surface area (Å²) >= 11 is 0. The molecular weight excluding hydrogens is 182 g/mol. The Kier molecular flexibility index (Phi) is 2.96. The molecule has 0 spiro atoms. The molecule has 1 aromatic rings. The predicted molar refractivity (Wildman–Crippen MR) is 53.7 cm³/mol. The minimum atomic E-state index is -1.03. The maximum absolute atomic E-state index is 10.8. The van der Waals surface area contributed by atoms with Crippen LogP contribution in [0.2, 0.25) is 0 Å². The lowest BCUT2D eigenvalue weighted by molar-refractivity contribution is 0.0697. The molecule has 0 bridgehead atoms. The normalized spacial score (nSPS) is 9.86. The molecule has 0 fully saturated rings. The summed E-state index contributed by atoms with van der Waals surface area (Å²) in [5.41, 5.74) is 6.89. The molecule has 0 aliphatic carbocycles. The Labute approximate surface area is 82.3 Å². The van der Waals surface area contributed by atoms with Crippen molar-refractivity contribution in [3.63, 3.8) is 0 Å². The second-order valence-corrected chi connectivity index (χ2v) is 2.91. The molecule has 0 radical (unpaired) electrons. The quantitative estimate of drug-likeness (QED) is 0.717. The van der Waals surface area contributed by atoms with Crippen molar-refractivity contribution in [1.82, 2.24) is 0 Å². The molecule has 1 aromatic carbocycles. The van der Waals surface area contributed by atoms with E-state index in [0.29, 0.717) is 17.9 Å². The summed E-state index contributed by atoms with van der Waals surface area (Å²) in [5.74, 6) is -0.510. The number of nitrogen functional groups attached to an aromatic ring is 1. The van der Waals surface area contributed by atoms with Gasteiger partial charge >= 0.3 is 5.97 Å². The molecule has 0 heterocycles. The van der Waals surface area contributed by atoms with Crippen LogP contribution in [0.4, 0.5) is 5.69 Å². The Hall–Kier alpha value is -1.71. The molecule has 76 valence electrons. The van der Waals surface area contributed by atoms with Crippen LogP contribution in [0.15, 0.2) is 12.1 Å². The Balaban J connectivity index is 3.34. The summed E-state index contributed by atoms with van der Waals surface area (Å²) in [7, 11) is 1.50. The third-order valence-corrected chi connectivity index (χ3v) is 2.09. The van der Waals surface area contributed by atoms with Crippen LogP contribution in [-0.2, 0) is 6.42 Å². The van der Waals surface area contributed by atoms with Gasteiger partial charge in [0, 0.05) is 5.69 Å². The maximum atomic E-state index is 10.8. The van der Waals surface area contributed by atoms with E-state index in [2.05, 4.69) is 0 Å². The Morgan fingerprint density at radius 2 is 2.21 bits per heavy atom. The van der Waals surface area contributed by atoms with Crippen LogP contribution in [-0.4, -0.2) is 18.2 Å². The smallest absolute Gasteiger partial charge is 0.337 e. The minimum absolute atomic E-state index is 0.0983. The number of hydrogen-bond donors (Lipinski definition) is 2. The zero-order valence-electron chi connectivity index (χ0n) is 8.20. The highest BCUT2D eigenvalue weighted by atomic mass is 16.5. The van der Waals surface area contributed by atoms with Crippen LogP contribution < -0.4 is 10.5 Å². The SMILES string of the molecule is CCc1cc(OC)cc(C(=O)O)c1N. The van der Waals surface area contributed by atoms with Crippen molar-refractivity contribution in [3.05, 3.63) is 23.3 Å². The molecule has 14 heavy (non-hydrogen) atoms. The predicted octanol–water partition coefficient (Wildman–Crippen LogP) is 1.54. The number of hydrogen-bond acceptors (Lipinski definition) is 3. The fraction of sp³-hybridized carbons (Fsp3) is 0.300. The summed E-state index contributed by atoms with van der Waals surface area (Å²) in [6, 6.07) is 3.18. The van der Waals surface area contributed by atoms with Gasteiger partial charge in [-0.25, -0.2) is 4.79 Å². The third kappa shape index (κ3) is 1.79. The van der Waals surface area contributed by atoms with Gasteiger partial charge in [-0.1, -0.05) is 6.92 Å². The van der Waals surface area contributed by atoms with Gasteiger partial charge in [0.05, 0.1) is 12.7 Å². The molecule has 0 amide bonds. The number of benzene rings is 1. The number of ether oxygens (including phenoxy) is 1. The average Bonchev–Trinajstić information content (AvgIpc) is 2.17. The maximum Gasteiger partial charge on any atom is 0.337 e. The summed E-state index contributed by atoms with van der Waals surface area (Å²) in [6.07, 6.45) is 0.684. The molecule has 1 rings (SSSR count). The Bertz CT molecular complexity index is 361. The lowest BCUT2D eigenvalue weighted by atomic mass is 10.0.